The number of rotatable bonds is 2. The maximum Gasteiger partial charge on any atom is 0.228 e. The van der Waals surface area contributed by atoms with Crippen molar-refractivity contribution < 1.29 is 24.9 Å². The zero-order valence-electron chi connectivity index (χ0n) is 7.31. The van der Waals surface area contributed by atoms with E-state index in [1.807, 2.05) is 0 Å². The molecule has 3 N–H and O–H groups in total. The molecule has 0 saturated heterocycles. The first kappa shape index (κ1) is 10.0. The number of phenols is 3. The summed E-state index contributed by atoms with van der Waals surface area (Å²) in [4.78, 5) is 21.8. The molecule has 1 rings (SSSR count). The molecule has 0 amide bonds. The molecule has 0 fully saturated rings. The Morgan fingerprint density at radius 1 is 1.07 bits per heavy atom. The number of hydrogen-bond donors (Lipinski definition) is 3. The summed E-state index contributed by atoms with van der Waals surface area (Å²) in [5.41, 5.74) is -0.162. The highest BCUT2D eigenvalue weighted by Gasteiger charge is 2.16. The van der Waals surface area contributed by atoms with Crippen molar-refractivity contribution in [2.45, 2.75) is 6.92 Å². The van der Waals surface area contributed by atoms with Crippen LogP contribution in [0.3, 0.4) is 0 Å². The van der Waals surface area contributed by atoms with Crippen LogP contribution in [0.15, 0.2) is 12.1 Å². The highest BCUT2D eigenvalue weighted by Crippen LogP contribution is 2.35. The van der Waals surface area contributed by atoms with E-state index < -0.39 is 28.8 Å². The summed E-state index contributed by atoms with van der Waals surface area (Å²) in [6.45, 7) is 1.07. The molecule has 0 radical (unpaired) electrons. The molecule has 0 bridgehead atoms. The molecular formula is C9H8O5. The van der Waals surface area contributed by atoms with Crippen molar-refractivity contribution in [1.82, 2.24) is 0 Å². The van der Waals surface area contributed by atoms with Crippen molar-refractivity contribution in [3.8, 4) is 17.2 Å². The Balaban J connectivity index is 3.26. The molecule has 5 nitrogen and oxygen atoms in total. The third-order valence-electron chi connectivity index (χ3n) is 1.65. The maximum atomic E-state index is 11.1. The normalized spacial score (nSPS) is 9.79. The van der Waals surface area contributed by atoms with E-state index >= 15 is 0 Å². The molecule has 0 saturated carbocycles. The third kappa shape index (κ3) is 1.66. The van der Waals surface area contributed by atoms with Crippen LogP contribution in [-0.2, 0) is 4.79 Å². The minimum atomic E-state index is -0.837. The maximum absolute atomic E-state index is 11.1. The summed E-state index contributed by atoms with van der Waals surface area (Å²) in [6, 6.07) is 1.83. The first-order chi connectivity index (χ1) is 6.43. The molecule has 0 unspecified atom stereocenters. The molecule has 74 valence electrons. The zero-order valence-corrected chi connectivity index (χ0v) is 7.31. The van der Waals surface area contributed by atoms with Crippen molar-refractivity contribution >= 4 is 11.6 Å². The van der Waals surface area contributed by atoms with Gasteiger partial charge in [-0.1, -0.05) is 0 Å². The fourth-order valence-corrected chi connectivity index (χ4v) is 0.939. The zero-order chi connectivity index (χ0) is 10.9. The lowest BCUT2D eigenvalue weighted by Gasteiger charge is -2.03. The average Bonchev–Trinajstić information content (AvgIpc) is 2.12. The molecule has 14 heavy (non-hydrogen) atoms. The minimum Gasteiger partial charge on any atom is -0.504 e. The Kier molecular flexibility index (Phi) is 2.42. The van der Waals surface area contributed by atoms with Crippen LogP contribution >= 0.6 is 0 Å². The number of carbonyl (C=O) groups excluding carboxylic acids is 2. The molecule has 0 heterocycles. The van der Waals surface area contributed by atoms with Crippen LogP contribution in [-0.4, -0.2) is 26.9 Å². The van der Waals surface area contributed by atoms with Crippen molar-refractivity contribution in [3.63, 3.8) is 0 Å². The predicted molar refractivity (Wildman–Crippen MR) is 46.4 cm³/mol. The fraction of sp³-hybridized carbons (Fsp3) is 0.111. The van der Waals surface area contributed by atoms with Gasteiger partial charge in [0.25, 0.3) is 0 Å². The largest absolute Gasteiger partial charge is 0.504 e. The lowest BCUT2D eigenvalue weighted by Crippen LogP contribution is -2.09. The van der Waals surface area contributed by atoms with E-state index in [1.165, 1.54) is 0 Å². The second kappa shape index (κ2) is 3.37. The van der Waals surface area contributed by atoms with Crippen LogP contribution in [0.5, 0.6) is 17.2 Å². The second-order valence-corrected chi connectivity index (χ2v) is 2.75. The molecule has 0 spiro atoms. The highest BCUT2D eigenvalue weighted by atomic mass is 16.3. The van der Waals surface area contributed by atoms with Gasteiger partial charge in [0.1, 0.15) is 0 Å². The molecule has 0 aliphatic carbocycles. The Bertz CT molecular complexity index is 385. The number of phenolic OH excluding ortho intramolecular Hbond substituents is 3. The van der Waals surface area contributed by atoms with Crippen molar-refractivity contribution in [3.05, 3.63) is 17.7 Å². The quantitative estimate of drug-likeness (QED) is 0.365. The highest BCUT2D eigenvalue weighted by molar-refractivity contribution is 6.43. The minimum absolute atomic E-state index is 0.162. The molecule has 0 aliphatic rings. The number of benzene rings is 1. The van der Waals surface area contributed by atoms with Crippen LogP contribution in [0.4, 0.5) is 0 Å². The first-order valence-corrected chi connectivity index (χ1v) is 3.73. The van der Waals surface area contributed by atoms with Crippen molar-refractivity contribution in [1.29, 1.82) is 0 Å². The average molecular weight is 196 g/mol. The number of hydrogen-bond acceptors (Lipinski definition) is 5. The van der Waals surface area contributed by atoms with Gasteiger partial charge >= 0.3 is 0 Å². The fourth-order valence-electron chi connectivity index (χ4n) is 0.939. The molecule has 1 aromatic rings. The van der Waals surface area contributed by atoms with Crippen LogP contribution < -0.4 is 0 Å². The first-order valence-electron chi connectivity index (χ1n) is 3.73. The van der Waals surface area contributed by atoms with E-state index in [9.17, 15) is 9.59 Å². The number of aromatic hydroxyl groups is 3. The Morgan fingerprint density at radius 2 is 1.50 bits per heavy atom. The smallest absolute Gasteiger partial charge is 0.228 e. The van der Waals surface area contributed by atoms with Crippen LogP contribution in [0.2, 0.25) is 0 Å². The van der Waals surface area contributed by atoms with Crippen LogP contribution in [0.1, 0.15) is 17.3 Å². The topological polar surface area (TPSA) is 94.8 Å². The summed E-state index contributed by atoms with van der Waals surface area (Å²) in [5, 5.41) is 27.0. The van der Waals surface area contributed by atoms with Crippen LogP contribution in [0, 0.1) is 0 Å². The lowest BCUT2D eigenvalue weighted by molar-refractivity contribution is -0.113. The Morgan fingerprint density at radius 3 is 1.86 bits per heavy atom. The molecule has 0 atom stereocenters. The number of ketones is 2. The molecule has 0 aliphatic heterocycles. The molecule has 1 aromatic carbocycles. The van der Waals surface area contributed by atoms with Gasteiger partial charge in [-0.2, -0.15) is 0 Å². The summed E-state index contributed by atoms with van der Waals surface area (Å²) < 4.78 is 0. The van der Waals surface area contributed by atoms with Crippen LogP contribution in [0.25, 0.3) is 0 Å². The predicted octanol–water partition coefficient (Wildman–Crippen LogP) is 0.575. The van der Waals surface area contributed by atoms with Gasteiger partial charge in [0.15, 0.2) is 23.0 Å². The van der Waals surface area contributed by atoms with Gasteiger partial charge in [-0.25, -0.2) is 0 Å². The van der Waals surface area contributed by atoms with Crippen molar-refractivity contribution in [2.75, 3.05) is 0 Å². The summed E-state index contributed by atoms with van der Waals surface area (Å²) >= 11 is 0. The van der Waals surface area contributed by atoms with Gasteiger partial charge in [0.05, 0.1) is 0 Å². The molecule has 0 aromatic heterocycles. The van der Waals surface area contributed by atoms with Gasteiger partial charge in [-0.05, 0) is 12.1 Å². The Labute approximate surface area is 79.2 Å². The summed E-state index contributed by atoms with van der Waals surface area (Å²) in [6.07, 6.45) is 0. The third-order valence-corrected chi connectivity index (χ3v) is 1.65. The van der Waals surface area contributed by atoms with Gasteiger partial charge in [0.2, 0.25) is 5.78 Å². The van der Waals surface area contributed by atoms with E-state index in [-0.39, 0.29) is 5.56 Å². The molecular weight excluding hydrogens is 188 g/mol. The van der Waals surface area contributed by atoms with Gasteiger partial charge in [-0.15, -0.1) is 0 Å². The second-order valence-electron chi connectivity index (χ2n) is 2.75. The molecule has 5 heteroatoms. The van der Waals surface area contributed by atoms with Crippen molar-refractivity contribution in [2.24, 2.45) is 0 Å². The van der Waals surface area contributed by atoms with E-state index in [1.54, 1.807) is 0 Å². The van der Waals surface area contributed by atoms with E-state index in [4.69, 9.17) is 15.3 Å². The standard InChI is InChI=1S/C9H8O5/c1-4(10)8(13)5-2-6(11)9(14)7(12)3-5/h2-3,11-12,14H,1H3. The number of Topliss-reactive ketones (excluding diaryl/α,β-unsaturated/α-hetero) is 2. The Hall–Kier alpha value is -2.04. The van der Waals surface area contributed by atoms with Gasteiger partial charge in [-0.3, -0.25) is 9.59 Å². The van der Waals surface area contributed by atoms with Gasteiger partial charge in [0, 0.05) is 12.5 Å². The summed E-state index contributed by atoms with van der Waals surface area (Å²) in [5.74, 6) is -3.56. The van der Waals surface area contributed by atoms with E-state index in [0.717, 1.165) is 19.1 Å². The SMILES string of the molecule is CC(=O)C(=O)c1cc(O)c(O)c(O)c1. The monoisotopic (exact) mass is 196 g/mol. The van der Waals surface area contributed by atoms with E-state index in [2.05, 4.69) is 0 Å². The van der Waals surface area contributed by atoms with Gasteiger partial charge < -0.3 is 15.3 Å². The summed E-state index contributed by atoms with van der Waals surface area (Å²) in [7, 11) is 0. The van der Waals surface area contributed by atoms with E-state index in [0.29, 0.717) is 0 Å². The number of carbonyl (C=O) groups is 2. The lowest BCUT2D eigenvalue weighted by atomic mass is 10.1.